The highest BCUT2D eigenvalue weighted by molar-refractivity contribution is 5.97. The summed E-state index contributed by atoms with van der Waals surface area (Å²) in [6.07, 6.45) is 0. The van der Waals surface area contributed by atoms with Crippen molar-refractivity contribution >= 4 is 11.7 Å². The Morgan fingerprint density at radius 3 is 2.10 bits per heavy atom. The standard InChI is InChI=1S/C17H17NO3/c1-11-8-14(17(18)20)9-12(2)16(11)21-10-15(19)13-6-4-3-5-7-13/h3-9H,10H2,1-2H3,(H2,18,20). The zero-order chi connectivity index (χ0) is 15.4. The second-order valence-corrected chi connectivity index (χ2v) is 4.88. The first-order chi connectivity index (χ1) is 9.99. The van der Waals surface area contributed by atoms with Gasteiger partial charge in [-0.05, 0) is 37.1 Å². The van der Waals surface area contributed by atoms with E-state index in [-0.39, 0.29) is 12.4 Å². The molecule has 0 saturated heterocycles. The van der Waals surface area contributed by atoms with Crippen LogP contribution in [0.3, 0.4) is 0 Å². The third-order valence-electron chi connectivity index (χ3n) is 3.19. The third kappa shape index (κ3) is 3.48. The Morgan fingerprint density at radius 2 is 1.57 bits per heavy atom. The summed E-state index contributed by atoms with van der Waals surface area (Å²) in [6, 6.07) is 12.3. The molecule has 0 atom stereocenters. The van der Waals surface area contributed by atoms with Gasteiger partial charge in [0.1, 0.15) is 5.75 Å². The molecule has 0 saturated carbocycles. The number of carbonyl (C=O) groups excluding carboxylic acids is 2. The highest BCUT2D eigenvalue weighted by Crippen LogP contribution is 2.24. The second-order valence-electron chi connectivity index (χ2n) is 4.88. The highest BCUT2D eigenvalue weighted by Gasteiger charge is 2.12. The molecule has 2 aromatic carbocycles. The molecule has 0 aromatic heterocycles. The van der Waals surface area contributed by atoms with E-state index < -0.39 is 5.91 Å². The van der Waals surface area contributed by atoms with Crippen LogP contribution in [0.2, 0.25) is 0 Å². The van der Waals surface area contributed by atoms with E-state index in [1.807, 2.05) is 32.0 Å². The van der Waals surface area contributed by atoms with Gasteiger partial charge >= 0.3 is 0 Å². The minimum Gasteiger partial charge on any atom is -0.485 e. The molecule has 4 heteroatoms. The molecule has 2 rings (SSSR count). The van der Waals surface area contributed by atoms with Gasteiger partial charge in [0.25, 0.3) is 0 Å². The van der Waals surface area contributed by atoms with E-state index >= 15 is 0 Å². The Bertz CT molecular complexity index is 655. The summed E-state index contributed by atoms with van der Waals surface area (Å²) in [5.74, 6) is 0.0470. The molecule has 0 aliphatic rings. The number of aryl methyl sites for hydroxylation is 2. The van der Waals surface area contributed by atoms with Gasteiger partial charge in [0.15, 0.2) is 12.4 Å². The summed E-state index contributed by atoms with van der Waals surface area (Å²) >= 11 is 0. The van der Waals surface area contributed by atoms with Crippen molar-refractivity contribution in [3.05, 3.63) is 64.7 Å². The fourth-order valence-electron chi connectivity index (χ4n) is 2.17. The van der Waals surface area contributed by atoms with E-state index in [0.29, 0.717) is 16.9 Å². The first kappa shape index (κ1) is 14.8. The molecule has 0 aliphatic heterocycles. The lowest BCUT2D eigenvalue weighted by molar-refractivity contribution is 0.0919. The number of hydrogen-bond donors (Lipinski definition) is 1. The lowest BCUT2D eigenvalue weighted by Crippen LogP contribution is -2.14. The molecular formula is C17H17NO3. The van der Waals surface area contributed by atoms with Crippen LogP contribution in [0, 0.1) is 13.8 Å². The molecule has 2 N–H and O–H groups in total. The Kier molecular flexibility index (Phi) is 4.38. The molecule has 2 aromatic rings. The number of benzene rings is 2. The van der Waals surface area contributed by atoms with Crippen LogP contribution in [0.1, 0.15) is 31.8 Å². The predicted octanol–water partition coefficient (Wildman–Crippen LogP) is 2.66. The van der Waals surface area contributed by atoms with Crippen LogP contribution in [0.15, 0.2) is 42.5 Å². The predicted molar refractivity (Wildman–Crippen MR) is 80.7 cm³/mol. The van der Waals surface area contributed by atoms with E-state index in [2.05, 4.69) is 0 Å². The van der Waals surface area contributed by atoms with Crippen molar-refractivity contribution in [2.45, 2.75) is 13.8 Å². The first-order valence-electron chi connectivity index (χ1n) is 6.61. The second kappa shape index (κ2) is 6.22. The van der Waals surface area contributed by atoms with Crippen molar-refractivity contribution in [2.24, 2.45) is 5.73 Å². The average Bonchev–Trinajstić information content (AvgIpc) is 2.46. The van der Waals surface area contributed by atoms with Gasteiger partial charge < -0.3 is 10.5 Å². The summed E-state index contributed by atoms with van der Waals surface area (Å²) in [5, 5.41) is 0. The first-order valence-corrected chi connectivity index (χ1v) is 6.61. The average molecular weight is 283 g/mol. The summed E-state index contributed by atoms with van der Waals surface area (Å²) in [4.78, 5) is 23.2. The minimum absolute atomic E-state index is 0.0401. The fourth-order valence-corrected chi connectivity index (χ4v) is 2.17. The zero-order valence-corrected chi connectivity index (χ0v) is 12.1. The van der Waals surface area contributed by atoms with Crippen molar-refractivity contribution in [2.75, 3.05) is 6.61 Å². The lowest BCUT2D eigenvalue weighted by atomic mass is 10.1. The van der Waals surface area contributed by atoms with Gasteiger partial charge in [-0.2, -0.15) is 0 Å². The van der Waals surface area contributed by atoms with Crippen LogP contribution in [-0.2, 0) is 0 Å². The lowest BCUT2D eigenvalue weighted by Gasteiger charge is -2.12. The number of amides is 1. The molecule has 0 unspecified atom stereocenters. The number of ether oxygens (including phenoxy) is 1. The van der Waals surface area contributed by atoms with E-state index in [0.717, 1.165) is 11.1 Å². The molecule has 0 bridgehead atoms. The Balaban J connectivity index is 2.14. The van der Waals surface area contributed by atoms with Gasteiger partial charge in [-0.25, -0.2) is 0 Å². The zero-order valence-electron chi connectivity index (χ0n) is 12.1. The molecule has 108 valence electrons. The highest BCUT2D eigenvalue weighted by atomic mass is 16.5. The number of hydrogen-bond acceptors (Lipinski definition) is 3. The van der Waals surface area contributed by atoms with E-state index in [1.54, 1.807) is 24.3 Å². The molecule has 0 heterocycles. The van der Waals surface area contributed by atoms with Crippen molar-refractivity contribution in [1.82, 2.24) is 0 Å². The number of rotatable bonds is 5. The summed E-state index contributed by atoms with van der Waals surface area (Å²) in [7, 11) is 0. The van der Waals surface area contributed by atoms with Crippen molar-refractivity contribution < 1.29 is 14.3 Å². The molecule has 4 nitrogen and oxygen atoms in total. The minimum atomic E-state index is -0.479. The summed E-state index contributed by atoms with van der Waals surface area (Å²) < 4.78 is 5.62. The molecule has 0 spiro atoms. The SMILES string of the molecule is Cc1cc(C(N)=O)cc(C)c1OCC(=O)c1ccccc1. The van der Waals surface area contributed by atoms with Crippen LogP contribution in [0.4, 0.5) is 0 Å². The van der Waals surface area contributed by atoms with Gasteiger partial charge in [-0.1, -0.05) is 30.3 Å². The monoisotopic (exact) mass is 283 g/mol. The number of carbonyl (C=O) groups is 2. The van der Waals surface area contributed by atoms with Gasteiger partial charge in [0.2, 0.25) is 5.91 Å². The van der Waals surface area contributed by atoms with Crippen molar-refractivity contribution in [3.8, 4) is 5.75 Å². The quantitative estimate of drug-likeness (QED) is 0.858. The topological polar surface area (TPSA) is 69.4 Å². The Hall–Kier alpha value is -2.62. The van der Waals surface area contributed by atoms with E-state index in [9.17, 15) is 9.59 Å². The maximum atomic E-state index is 12.0. The summed E-state index contributed by atoms with van der Waals surface area (Å²) in [6.45, 7) is 3.60. The van der Waals surface area contributed by atoms with Gasteiger partial charge in [-0.3, -0.25) is 9.59 Å². The number of nitrogens with two attached hydrogens (primary N) is 1. The molecule has 1 amide bonds. The maximum absolute atomic E-state index is 12.0. The van der Waals surface area contributed by atoms with Gasteiger partial charge in [-0.15, -0.1) is 0 Å². The molecule has 0 radical (unpaired) electrons. The molecule has 0 fully saturated rings. The van der Waals surface area contributed by atoms with Gasteiger partial charge in [0.05, 0.1) is 0 Å². The van der Waals surface area contributed by atoms with Crippen molar-refractivity contribution in [3.63, 3.8) is 0 Å². The number of primary amides is 1. The molecular weight excluding hydrogens is 266 g/mol. The van der Waals surface area contributed by atoms with E-state index in [1.165, 1.54) is 0 Å². The smallest absolute Gasteiger partial charge is 0.248 e. The summed E-state index contributed by atoms with van der Waals surface area (Å²) in [5.41, 5.74) is 7.88. The Labute approximate surface area is 123 Å². The molecule has 21 heavy (non-hydrogen) atoms. The largest absolute Gasteiger partial charge is 0.485 e. The number of ketones is 1. The van der Waals surface area contributed by atoms with E-state index in [4.69, 9.17) is 10.5 Å². The third-order valence-corrected chi connectivity index (χ3v) is 3.19. The maximum Gasteiger partial charge on any atom is 0.248 e. The number of Topliss-reactive ketones (excluding diaryl/α,β-unsaturated/α-hetero) is 1. The molecule has 0 aliphatic carbocycles. The van der Waals surface area contributed by atoms with Crippen LogP contribution in [0.5, 0.6) is 5.75 Å². The van der Waals surface area contributed by atoms with Crippen LogP contribution in [-0.4, -0.2) is 18.3 Å². The Morgan fingerprint density at radius 1 is 1.00 bits per heavy atom. The van der Waals surface area contributed by atoms with Crippen LogP contribution < -0.4 is 10.5 Å². The fraction of sp³-hybridized carbons (Fsp3) is 0.176. The van der Waals surface area contributed by atoms with Crippen LogP contribution >= 0.6 is 0 Å². The van der Waals surface area contributed by atoms with Gasteiger partial charge in [0, 0.05) is 11.1 Å². The van der Waals surface area contributed by atoms with Crippen LogP contribution in [0.25, 0.3) is 0 Å². The van der Waals surface area contributed by atoms with Crippen molar-refractivity contribution in [1.29, 1.82) is 0 Å². The normalized spacial score (nSPS) is 10.2.